The fraction of sp³-hybridized carbons (Fsp3) is 0.900. The van der Waals surface area contributed by atoms with E-state index in [-0.39, 0.29) is 5.91 Å². The zero-order valence-corrected chi connectivity index (χ0v) is 9.98. The number of carbonyl (C=O) groups excluding carboxylic acids is 1. The Hall–Kier alpha value is -0.580. The van der Waals surface area contributed by atoms with Crippen molar-refractivity contribution in [1.29, 1.82) is 0 Å². The van der Waals surface area contributed by atoms with Gasteiger partial charge in [0.2, 0.25) is 5.91 Å². The van der Waals surface area contributed by atoms with E-state index < -0.39 is 9.84 Å². The van der Waals surface area contributed by atoms with Gasteiger partial charge in [0.1, 0.15) is 0 Å². The van der Waals surface area contributed by atoms with Crippen molar-refractivity contribution in [2.45, 2.75) is 32.6 Å². The Labute approximate surface area is 91.4 Å². The molecule has 1 saturated heterocycles. The number of sulfone groups is 1. The molecular formula is C10H19NO3S. The number of hydrogen-bond acceptors (Lipinski definition) is 3. The molecule has 4 nitrogen and oxygen atoms in total. The molecule has 5 heteroatoms. The average Bonchev–Trinajstić information content (AvgIpc) is 2.52. The molecule has 1 amide bonds. The second-order valence-corrected chi connectivity index (χ2v) is 6.34. The van der Waals surface area contributed by atoms with E-state index in [0.29, 0.717) is 30.4 Å². The predicted molar refractivity (Wildman–Crippen MR) is 59.3 cm³/mol. The van der Waals surface area contributed by atoms with Gasteiger partial charge in [-0.1, -0.05) is 6.92 Å². The van der Waals surface area contributed by atoms with E-state index in [2.05, 4.69) is 5.32 Å². The summed E-state index contributed by atoms with van der Waals surface area (Å²) in [5, 5.41) is 2.79. The smallest absolute Gasteiger partial charge is 0.219 e. The summed E-state index contributed by atoms with van der Waals surface area (Å²) in [6, 6.07) is 0. The van der Waals surface area contributed by atoms with Crippen molar-refractivity contribution >= 4 is 15.7 Å². The highest BCUT2D eigenvalue weighted by atomic mass is 32.2. The molecule has 0 aromatic rings. The highest BCUT2D eigenvalue weighted by molar-refractivity contribution is 7.91. The molecule has 0 aromatic heterocycles. The van der Waals surface area contributed by atoms with Crippen LogP contribution in [0.2, 0.25) is 0 Å². The maximum Gasteiger partial charge on any atom is 0.219 e. The molecule has 1 unspecified atom stereocenters. The van der Waals surface area contributed by atoms with Crippen LogP contribution in [-0.4, -0.2) is 32.4 Å². The van der Waals surface area contributed by atoms with Crippen molar-refractivity contribution in [2.24, 2.45) is 5.92 Å². The molecule has 1 aliphatic heterocycles. The van der Waals surface area contributed by atoms with Gasteiger partial charge < -0.3 is 5.32 Å². The Kier molecular flexibility index (Phi) is 4.57. The van der Waals surface area contributed by atoms with E-state index >= 15 is 0 Å². The van der Waals surface area contributed by atoms with Crippen molar-refractivity contribution in [3.05, 3.63) is 0 Å². The molecule has 1 heterocycles. The van der Waals surface area contributed by atoms with E-state index in [4.69, 9.17) is 0 Å². The van der Waals surface area contributed by atoms with Crippen molar-refractivity contribution in [3.63, 3.8) is 0 Å². The largest absolute Gasteiger partial charge is 0.356 e. The Morgan fingerprint density at radius 1 is 1.47 bits per heavy atom. The van der Waals surface area contributed by atoms with Crippen LogP contribution >= 0.6 is 0 Å². The molecule has 0 radical (unpaired) electrons. The van der Waals surface area contributed by atoms with Crippen molar-refractivity contribution in [3.8, 4) is 0 Å². The quantitative estimate of drug-likeness (QED) is 0.712. The molecule has 0 aliphatic carbocycles. The van der Waals surface area contributed by atoms with Gasteiger partial charge in [-0.2, -0.15) is 0 Å². The minimum absolute atomic E-state index is 0.0639. The molecule has 0 spiro atoms. The summed E-state index contributed by atoms with van der Waals surface area (Å²) in [5.74, 6) is 1.07. The summed E-state index contributed by atoms with van der Waals surface area (Å²) in [4.78, 5) is 10.9. The Morgan fingerprint density at radius 2 is 2.20 bits per heavy atom. The van der Waals surface area contributed by atoms with Gasteiger partial charge in [0.15, 0.2) is 9.84 Å². The van der Waals surface area contributed by atoms with Gasteiger partial charge in [-0.15, -0.1) is 0 Å². The van der Waals surface area contributed by atoms with Gasteiger partial charge in [-0.05, 0) is 25.2 Å². The Balaban J connectivity index is 2.09. The fourth-order valence-electron chi connectivity index (χ4n) is 1.84. The van der Waals surface area contributed by atoms with Crippen LogP contribution in [0.3, 0.4) is 0 Å². The fourth-order valence-corrected chi connectivity index (χ4v) is 3.75. The van der Waals surface area contributed by atoms with Gasteiger partial charge in [0.05, 0.1) is 11.5 Å². The van der Waals surface area contributed by atoms with Crippen molar-refractivity contribution in [1.82, 2.24) is 5.32 Å². The van der Waals surface area contributed by atoms with Crippen molar-refractivity contribution < 1.29 is 13.2 Å². The van der Waals surface area contributed by atoms with Crippen LogP contribution in [-0.2, 0) is 14.6 Å². The van der Waals surface area contributed by atoms with Crippen LogP contribution in [0.1, 0.15) is 32.6 Å². The second kappa shape index (κ2) is 5.49. The van der Waals surface area contributed by atoms with Crippen LogP contribution in [0.15, 0.2) is 0 Å². The zero-order valence-electron chi connectivity index (χ0n) is 9.16. The van der Waals surface area contributed by atoms with E-state index in [9.17, 15) is 13.2 Å². The lowest BCUT2D eigenvalue weighted by Gasteiger charge is -2.07. The zero-order chi connectivity index (χ0) is 11.3. The lowest BCUT2D eigenvalue weighted by Crippen LogP contribution is -2.23. The lowest BCUT2D eigenvalue weighted by atomic mass is 10.0. The highest BCUT2D eigenvalue weighted by Crippen LogP contribution is 2.22. The first kappa shape index (κ1) is 12.5. The topological polar surface area (TPSA) is 63.2 Å². The summed E-state index contributed by atoms with van der Waals surface area (Å²) >= 11 is 0. The Morgan fingerprint density at radius 3 is 2.73 bits per heavy atom. The van der Waals surface area contributed by atoms with Crippen LogP contribution < -0.4 is 5.32 Å². The van der Waals surface area contributed by atoms with Gasteiger partial charge in [0, 0.05) is 13.0 Å². The van der Waals surface area contributed by atoms with Crippen LogP contribution in [0.4, 0.5) is 0 Å². The molecule has 0 saturated carbocycles. The summed E-state index contributed by atoms with van der Waals surface area (Å²) in [7, 11) is -2.74. The average molecular weight is 233 g/mol. The molecule has 1 fully saturated rings. The monoisotopic (exact) mass is 233 g/mol. The Bertz CT molecular complexity index is 311. The summed E-state index contributed by atoms with van der Waals surface area (Å²) in [6.07, 6.45) is 3.09. The van der Waals surface area contributed by atoms with E-state index in [0.717, 1.165) is 19.3 Å². The summed E-state index contributed by atoms with van der Waals surface area (Å²) < 4.78 is 22.3. The molecule has 0 aromatic carbocycles. The van der Waals surface area contributed by atoms with E-state index in [1.165, 1.54) is 0 Å². The lowest BCUT2D eigenvalue weighted by molar-refractivity contribution is -0.120. The molecule has 15 heavy (non-hydrogen) atoms. The first-order valence-electron chi connectivity index (χ1n) is 5.50. The third-order valence-electron chi connectivity index (χ3n) is 2.76. The third kappa shape index (κ3) is 4.64. The molecule has 1 rings (SSSR count). The molecule has 1 N–H and O–H groups in total. The summed E-state index contributed by atoms with van der Waals surface area (Å²) in [6.45, 7) is 2.49. The number of amides is 1. The molecule has 1 aliphatic rings. The van der Waals surface area contributed by atoms with Crippen molar-refractivity contribution in [2.75, 3.05) is 18.1 Å². The number of hydrogen-bond donors (Lipinski definition) is 1. The van der Waals surface area contributed by atoms with Crippen LogP contribution in [0.5, 0.6) is 0 Å². The van der Waals surface area contributed by atoms with E-state index in [1.807, 2.05) is 6.92 Å². The number of carbonyl (C=O) groups is 1. The second-order valence-electron chi connectivity index (χ2n) is 4.11. The molecule has 0 bridgehead atoms. The first-order valence-corrected chi connectivity index (χ1v) is 7.33. The number of nitrogens with one attached hydrogen (secondary N) is 1. The first-order chi connectivity index (χ1) is 7.03. The van der Waals surface area contributed by atoms with Gasteiger partial charge in [0.25, 0.3) is 0 Å². The maximum absolute atomic E-state index is 11.2. The number of rotatable bonds is 5. The molecule has 1 atom stereocenters. The van der Waals surface area contributed by atoms with Crippen LogP contribution in [0, 0.1) is 5.92 Å². The predicted octanol–water partition coefficient (Wildman–Crippen LogP) is 0.728. The third-order valence-corrected chi connectivity index (χ3v) is 4.60. The van der Waals surface area contributed by atoms with Crippen LogP contribution in [0.25, 0.3) is 0 Å². The summed E-state index contributed by atoms with van der Waals surface area (Å²) in [5.41, 5.74) is 0. The minimum atomic E-state index is -2.74. The van der Waals surface area contributed by atoms with Gasteiger partial charge >= 0.3 is 0 Å². The van der Waals surface area contributed by atoms with E-state index in [1.54, 1.807) is 0 Å². The molecule has 88 valence electrons. The standard InChI is InChI=1S/C10H19NO3S/c1-2-10(12)11-6-3-4-9-5-7-15(13,14)8-9/h9H,2-8H2,1H3,(H,11,12). The van der Waals surface area contributed by atoms with Gasteiger partial charge in [-0.25, -0.2) is 8.42 Å². The minimum Gasteiger partial charge on any atom is -0.356 e. The highest BCUT2D eigenvalue weighted by Gasteiger charge is 2.26. The molecular weight excluding hydrogens is 214 g/mol. The normalized spacial score (nSPS) is 23.9. The van der Waals surface area contributed by atoms with Gasteiger partial charge in [-0.3, -0.25) is 4.79 Å². The SMILES string of the molecule is CCC(=O)NCCCC1CCS(=O)(=O)C1. The maximum atomic E-state index is 11.2.